The Kier molecular flexibility index (Phi) is 16.1. The highest BCUT2D eigenvalue weighted by molar-refractivity contribution is 5.45. The van der Waals surface area contributed by atoms with E-state index in [-0.39, 0.29) is 0 Å². The van der Waals surface area contributed by atoms with Crippen LogP contribution in [-0.4, -0.2) is 6.61 Å². The molecule has 0 aliphatic carbocycles. The van der Waals surface area contributed by atoms with Crippen LogP contribution in [0, 0.1) is 0 Å². The summed E-state index contributed by atoms with van der Waals surface area (Å²) < 4.78 is 5.80. The normalized spacial score (nSPS) is 11.0. The first kappa shape index (κ1) is 28.3. The number of aryl methyl sites for hydroxylation is 1. The third-order valence-electron chi connectivity index (χ3n) is 6.71. The van der Waals surface area contributed by atoms with E-state index in [4.69, 9.17) is 4.74 Å². The highest BCUT2D eigenvalue weighted by Crippen LogP contribution is 2.17. The number of hydrogen-bond acceptors (Lipinski definition) is 2. The third kappa shape index (κ3) is 13.7. The molecule has 1 N–H and O–H groups in total. The molecule has 0 aliphatic heterocycles. The van der Waals surface area contributed by atoms with Crippen LogP contribution in [0.4, 0.5) is 5.69 Å². The Morgan fingerprint density at radius 2 is 1.03 bits per heavy atom. The van der Waals surface area contributed by atoms with Gasteiger partial charge in [0.05, 0.1) is 6.61 Å². The minimum Gasteiger partial charge on any atom is -0.494 e. The molecule has 2 aromatic rings. The Bertz CT molecular complexity index is 707. The molecule has 0 heterocycles. The van der Waals surface area contributed by atoms with E-state index in [0.29, 0.717) is 0 Å². The molecular formula is C32H51NO. The first-order valence-corrected chi connectivity index (χ1v) is 14.4. The third-order valence-corrected chi connectivity index (χ3v) is 6.71. The molecule has 190 valence electrons. The predicted octanol–water partition coefficient (Wildman–Crippen LogP) is 10.1. The number of ether oxygens (including phenoxy) is 1. The standard InChI is InChI=1S/C32H51NO/c1-3-5-7-8-9-10-11-12-13-14-15-16-18-29-19-23-31(24-20-29)33-28-30-21-25-32(26-22-30)34-27-17-6-4-2/h19-26,33H,3-18,27-28H2,1-2H3. The van der Waals surface area contributed by atoms with E-state index >= 15 is 0 Å². The average Bonchev–Trinajstić information content (AvgIpc) is 2.87. The summed E-state index contributed by atoms with van der Waals surface area (Å²) in [5.41, 5.74) is 3.93. The zero-order chi connectivity index (χ0) is 24.1. The van der Waals surface area contributed by atoms with E-state index in [2.05, 4.69) is 67.7 Å². The highest BCUT2D eigenvalue weighted by Gasteiger charge is 1.99. The first-order valence-electron chi connectivity index (χ1n) is 14.4. The van der Waals surface area contributed by atoms with Gasteiger partial charge in [-0.3, -0.25) is 0 Å². The highest BCUT2D eigenvalue weighted by atomic mass is 16.5. The Hall–Kier alpha value is -1.96. The van der Waals surface area contributed by atoms with Crippen molar-refractivity contribution in [3.8, 4) is 5.75 Å². The van der Waals surface area contributed by atoms with Gasteiger partial charge in [0.2, 0.25) is 0 Å². The summed E-state index contributed by atoms with van der Waals surface area (Å²) >= 11 is 0. The number of unbranched alkanes of at least 4 members (excludes halogenated alkanes) is 13. The molecule has 0 bridgehead atoms. The lowest BCUT2D eigenvalue weighted by molar-refractivity contribution is 0.306. The second kappa shape index (κ2) is 19.4. The van der Waals surface area contributed by atoms with Gasteiger partial charge in [-0.05, 0) is 54.7 Å². The zero-order valence-corrected chi connectivity index (χ0v) is 22.3. The van der Waals surface area contributed by atoms with Gasteiger partial charge >= 0.3 is 0 Å². The largest absolute Gasteiger partial charge is 0.494 e. The zero-order valence-electron chi connectivity index (χ0n) is 22.3. The lowest BCUT2D eigenvalue weighted by Crippen LogP contribution is -2.00. The molecule has 0 unspecified atom stereocenters. The van der Waals surface area contributed by atoms with Gasteiger partial charge in [-0.15, -0.1) is 0 Å². The van der Waals surface area contributed by atoms with Gasteiger partial charge in [-0.25, -0.2) is 0 Å². The molecule has 0 fully saturated rings. The summed E-state index contributed by atoms with van der Waals surface area (Å²) in [6, 6.07) is 17.5. The van der Waals surface area contributed by atoms with Crippen molar-refractivity contribution in [1.29, 1.82) is 0 Å². The van der Waals surface area contributed by atoms with Crippen molar-refractivity contribution in [3.63, 3.8) is 0 Å². The molecule has 0 aromatic heterocycles. The van der Waals surface area contributed by atoms with Crippen LogP contribution < -0.4 is 10.1 Å². The fourth-order valence-corrected chi connectivity index (χ4v) is 4.41. The molecule has 2 heteroatoms. The molecule has 0 saturated heterocycles. The van der Waals surface area contributed by atoms with Crippen LogP contribution in [0.25, 0.3) is 0 Å². The Balaban J connectivity index is 1.50. The molecule has 2 aromatic carbocycles. The quantitative estimate of drug-likeness (QED) is 0.185. The van der Waals surface area contributed by atoms with Gasteiger partial charge < -0.3 is 10.1 Å². The maximum absolute atomic E-state index is 5.80. The number of benzene rings is 2. The van der Waals surface area contributed by atoms with Gasteiger partial charge in [-0.1, -0.05) is 122 Å². The Morgan fingerprint density at radius 3 is 1.62 bits per heavy atom. The van der Waals surface area contributed by atoms with Gasteiger partial charge in [0.15, 0.2) is 0 Å². The summed E-state index contributed by atoms with van der Waals surface area (Å²) in [6.07, 6.45) is 21.7. The SMILES string of the molecule is CCCCCCCCCCCCCCc1ccc(NCc2ccc(OCCCCC)cc2)cc1. The summed E-state index contributed by atoms with van der Waals surface area (Å²) in [6.45, 7) is 6.17. The lowest BCUT2D eigenvalue weighted by atomic mass is 10.0. The van der Waals surface area contributed by atoms with E-state index in [1.165, 1.54) is 113 Å². The average molecular weight is 466 g/mol. The van der Waals surface area contributed by atoms with Crippen molar-refractivity contribution < 1.29 is 4.74 Å². The maximum atomic E-state index is 5.80. The monoisotopic (exact) mass is 465 g/mol. The van der Waals surface area contributed by atoms with Crippen molar-refractivity contribution in [2.75, 3.05) is 11.9 Å². The van der Waals surface area contributed by atoms with Crippen LogP contribution in [0.15, 0.2) is 48.5 Å². The van der Waals surface area contributed by atoms with Crippen LogP contribution in [0.2, 0.25) is 0 Å². The first-order chi connectivity index (χ1) is 16.8. The van der Waals surface area contributed by atoms with Crippen LogP contribution in [0.5, 0.6) is 5.75 Å². The fraction of sp³-hybridized carbons (Fsp3) is 0.625. The number of anilines is 1. The van der Waals surface area contributed by atoms with Crippen LogP contribution in [-0.2, 0) is 13.0 Å². The van der Waals surface area contributed by atoms with Gasteiger partial charge in [0, 0.05) is 12.2 Å². The Morgan fingerprint density at radius 1 is 0.529 bits per heavy atom. The van der Waals surface area contributed by atoms with Crippen LogP contribution >= 0.6 is 0 Å². The number of nitrogens with one attached hydrogen (secondary N) is 1. The predicted molar refractivity (Wildman–Crippen MR) is 150 cm³/mol. The van der Waals surface area contributed by atoms with E-state index in [9.17, 15) is 0 Å². The summed E-state index contributed by atoms with van der Waals surface area (Å²) in [7, 11) is 0. The number of hydrogen-bond donors (Lipinski definition) is 1. The van der Waals surface area contributed by atoms with Crippen LogP contribution in [0.1, 0.15) is 121 Å². The summed E-state index contributed by atoms with van der Waals surface area (Å²) in [4.78, 5) is 0. The lowest BCUT2D eigenvalue weighted by Gasteiger charge is -2.10. The van der Waals surface area contributed by atoms with E-state index in [1.807, 2.05) is 0 Å². The molecule has 0 amide bonds. The Labute approximate surface area is 210 Å². The molecule has 0 aliphatic rings. The minimum absolute atomic E-state index is 0.817. The number of rotatable bonds is 21. The van der Waals surface area contributed by atoms with Crippen molar-refractivity contribution in [3.05, 3.63) is 59.7 Å². The van der Waals surface area contributed by atoms with Crippen molar-refractivity contribution in [2.24, 2.45) is 0 Å². The van der Waals surface area contributed by atoms with E-state index in [0.717, 1.165) is 25.3 Å². The molecule has 0 atom stereocenters. The maximum Gasteiger partial charge on any atom is 0.119 e. The van der Waals surface area contributed by atoms with Crippen molar-refractivity contribution >= 4 is 5.69 Å². The molecule has 34 heavy (non-hydrogen) atoms. The second-order valence-corrected chi connectivity index (χ2v) is 9.89. The second-order valence-electron chi connectivity index (χ2n) is 9.89. The van der Waals surface area contributed by atoms with Crippen molar-refractivity contribution in [2.45, 2.75) is 123 Å². The fourth-order valence-electron chi connectivity index (χ4n) is 4.41. The smallest absolute Gasteiger partial charge is 0.119 e. The topological polar surface area (TPSA) is 21.3 Å². The minimum atomic E-state index is 0.817. The van der Waals surface area contributed by atoms with Gasteiger partial charge in [-0.2, -0.15) is 0 Å². The van der Waals surface area contributed by atoms with E-state index in [1.54, 1.807) is 0 Å². The molecule has 0 radical (unpaired) electrons. The molecule has 0 spiro atoms. The van der Waals surface area contributed by atoms with Gasteiger partial charge in [0.1, 0.15) is 5.75 Å². The summed E-state index contributed by atoms with van der Waals surface area (Å²) in [5, 5.41) is 3.54. The summed E-state index contributed by atoms with van der Waals surface area (Å²) in [5.74, 6) is 0.974. The van der Waals surface area contributed by atoms with E-state index < -0.39 is 0 Å². The molecule has 2 rings (SSSR count). The molecule has 2 nitrogen and oxygen atoms in total. The van der Waals surface area contributed by atoms with Crippen molar-refractivity contribution in [1.82, 2.24) is 0 Å². The molecule has 0 saturated carbocycles. The van der Waals surface area contributed by atoms with Gasteiger partial charge in [0.25, 0.3) is 0 Å². The molecular weight excluding hydrogens is 414 g/mol. The van der Waals surface area contributed by atoms with Crippen LogP contribution in [0.3, 0.4) is 0 Å².